The van der Waals surface area contributed by atoms with E-state index >= 15 is 0 Å². The second-order valence-corrected chi connectivity index (χ2v) is 4.87. The maximum atomic E-state index is 10.8. The molecule has 1 aliphatic rings. The standard InChI is InChI=1S/C13H18N2O2/c1-10(16)14-12-7-5-11(6-8-12)9-15(17)13(2,3)4/h5-9,17H,1-4H3. The molecule has 1 N–H and O–H groups in total. The molecule has 0 aromatic heterocycles. The van der Waals surface area contributed by atoms with Gasteiger partial charge in [0.05, 0.1) is 11.3 Å². The Morgan fingerprint density at radius 3 is 2.24 bits per heavy atom. The van der Waals surface area contributed by atoms with Crippen LogP contribution in [0.1, 0.15) is 27.7 Å². The Hall–Kier alpha value is -1.68. The molecule has 0 saturated heterocycles. The molecule has 1 amide bonds. The molecular formula is C13H18N2O2. The molecule has 0 radical (unpaired) electrons. The molecule has 4 nitrogen and oxygen atoms in total. The third-order valence-electron chi connectivity index (χ3n) is 2.14. The highest BCUT2D eigenvalue weighted by atomic mass is 16.5. The maximum Gasteiger partial charge on any atom is 0.243 e. The summed E-state index contributed by atoms with van der Waals surface area (Å²) in [7, 11) is 0. The molecule has 0 fully saturated rings. The van der Waals surface area contributed by atoms with Gasteiger partial charge in [0, 0.05) is 13.1 Å². The van der Waals surface area contributed by atoms with Crippen LogP contribution in [-0.4, -0.2) is 27.4 Å². The van der Waals surface area contributed by atoms with Crippen molar-refractivity contribution in [2.45, 2.75) is 33.2 Å². The summed E-state index contributed by atoms with van der Waals surface area (Å²) in [6.07, 6.45) is 8.72. The quantitative estimate of drug-likeness (QED) is 0.709. The average Bonchev–Trinajstić information content (AvgIpc) is 2.18. The minimum atomic E-state index is -0.345. The first-order chi connectivity index (χ1) is 7.79. The van der Waals surface area contributed by atoms with Crippen LogP contribution in [-0.2, 0) is 4.79 Å². The number of carbonyl (C=O) groups is 1. The van der Waals surface area contributed by atoms with Gasteiger partial charge in [-0.15, -0.1) is 0 Å². The van der Waals surface area contributed by atoms with Gasteiger partial charge in [-0.3, -0.25) is 15.1 Å². The van der Waals surface area contributed by atoms with E-state index in [-0.39, 0.29) is 11.4 Å². The fraction of sp³-hybridized carbons (Fsp3) is 0.385. The summed E-state index contributed by atoms with van der Waals surface area (Å²) in [5.41, 5.74) is 1.13. The van der Waals surface area contributed by atoms with E-state index in [0.29, 0.717) is 5.71 Å². The summed E-state index contributed by atoms with van der Waals surface area (Å²) >= 11 is 0. The molecule has 0 spiro atoms. The normalized spacial score (nSPS) is 14.9. The van der Waals surface area contributed by atoms with Crippen molar-refractivity contribution >= 4 is 11.6 Å². The van der Waals surface area contributed by atoms with Crippen molar-refractivity contribution in [3.05, 3.63) is 36.1 Å². The Morgan fingerprint density at radius 2 is 1.82 bits per heavy atom. The summed E-state index contributed by atoms with van der Waals surface area (Å²) < 4.78 is 0. The van der Waals surface area contributed by atoms with Crippen LogP contribution in [0.5, 0.6) is 0 Å². The van der Waals surface area contributed by atoms with Crippen LogP contribution in [0.4, 0.5) is 0 Å². The molecule has 0 heterocycles. The minimum absolute atomic E-state index is 0.222. The number of rotatable bonds is 1. The molecule has 92 valence electrons. The van der Waals surface area contributed by atoms with Crippen LogP contribution in [0.3, 0.4) is 0 Å². The highest BCUT2D eigenvalue weighted by Gasteiger charge is 2.16. The number of hydrogen-bond acceptors (Lipinski definition) is 3. The van der Waals surface area contributed by atoms with E-state index in [1.807, 2.05) is 20.8 Å². The predicted octanol–water partition coefficient (Wildman–Crippen LogP) is 2.47. The van der Waals surface area contributed by atoms with Gasteiger partial charge in [-0.05, 0) is 38.5 Å². The number of allylic oxidation sites excluding steroid dienone is 5. The van der Waals surface area contributed by atoms with Crippen LogP contribution in [0.15, 0.2) is 41.1 Å². The first-order valence-electron chi connectivity index (χ1n) is 5.44. The Morgan fingerprint density at radius 1 is 1.29 bits per heavy atom. The van der Waals surface area contributed by atoms with E-state index in [1.54, 1.807) is 30.5 Å². The van der Waals surface area contributed by atoms with Gasteiger partial charge in [0.1, 0.15) is 0 Å². The molecule has 0 aliphatic heterocycles. The number of nitrogens with zero attached hydrogens (tertiary/aromatic N) is 2. The lowest BCUT2D eigenvalue weighted by molar-refractivity contribution is -0.115. The lowest BCUT2D eigenvalue weighted by Gasteiger charge is -2.28. The van der Waals surface area contributed by atoms with Crippen molar-refractivity contribution in [1.82, 2.24) is 5.06 Å². The largest absolute Gasteiger partial charge is 0.288 e. The summed E-state index contributed by atoms with van der Waals surface area (Å²) in [6, 6.07) is 0. The second kappa shape index (κ2) is 5.10. The van der Waals surface area contributed by atoms with Crippen LogP contribution in [0.2, 0.25) is 0 Å². The number of carbonyl (C=O) groups excluding carboxylic acids is 1. The van der Waals surface area contributed by atoms with Crippen molar-refractivity contribution < 1.29 is 10.0 Å². The van der Waals surface area contributed by atoms with E-state index < -0.39 is 0 Å². The lowest BCUT2D eigenvalue weighted by Crippen LogP contribution is -2.34. The third kappa shape index (κ3) is 4.36. The third-order valence-corrected chi connectivity index (χ3v) is 2.14. The lowest BCUT2D eigenvalue weighted by atomic mass is 10.1. The summed E-state index contributed by atoms with van der Waals surface area (Å²) in [6.45, 7) is 7.13. The fourth-order valence-corrected chi connectivity index (χ4v) is 1.15. The Balaban J connectivity index is 2.79. The van der Waals surface area contributed by atoms with Gasteiger partial charge in [0.25, 0.3) is 0 Å². The average molecular weight is 234 g/mol. The van der Waals surface area contributed by atoms with Crippen molar-refractivity contribution in [3.63, 3.8) is 0 Å². The summed E-state index contributed by atoms with van der Waals surface area (Å²) in [5.74, 6) is -0.222. The molecule has 0 saturated carbocycles. The van der Waals surface area contributed by atoms with Crippen molar-refractivity contribution in [2.75, 3.05) is 0 Å². The van der Waals surface area contributed by atoms with Gasteiger partial charge in [-0.2, -0.15) is 0 Å². The van der Waals surface area contributed by atoms with Gasteiger partial charge in [0.15, 0.2) is 0 Å². The van der Waals surface area contributed by atoms with Gasteiger partial charge in [-0.25, -0.2) is 4.99 Å². The van der Waals surface area contributed by atoms with Gasteiger partial charge in [-0.1, -0.05) is 12.2 Å². The Bertz CT molecular complexity index is 405. The van der Waals surface area contributed by atoms with E-state index in [9.17, 15) is 10.0 Å². The fourth-order valence-electron chi connectivity index (χ4n) is 1.15. The molecule has 0 bridgehead atoms. The molecular weight excluding hydrogens is 216 g/mol. The van der Waals surface area contributed by atoms with Crippen LogP contribution in [0, 0.1) is 0 Å². The van der Waals surface area contributed by atoms with Gasteiger partial charge >= 0.3 is 0 Å². The minimum Gasteiger partial charge on any atom is -0.288 e. The molecule has 0 aromatic carbocycles. The maximum absolute atomic E-state index is 10.8. The van der Waals surface area contributed by atoms with Gasteiger partial charge < -0.3 is 0 Å². The molecule has 0 atom stereocenters. The molecule has 1 rings (SSSR count). The van der Waals surface area contributed by atoms with Crippen LogP contribution in [0.25, 0.3) is 0 Å². The molecule has 0 unspecified atom stereocenters. The SMILES string of the molecule is CC(=O)N=C1C=CC(=CN(O)C(C)(C)C)C=C1. The smallest absolute Gasteiger partial charge is 0.243 e. The molecule has 17 heavy (non-hydrogen) atoms. The van der Waals surface area contributed by atoms with E-state index in [4.69, 9.17) is 0 Å². The van der Waals surface area contributed by atoms with Crippen molar-refractivity contribution in [2.24, 2.45) is 4.99 Å². The molecule has 4 heteroatoms. The predicted molar refractivity (Wildman–Crippen MR) is 67.9 cm³/mol. The zero-order valence-corrected chi connectivity index (χ0v) is 10.6. The molecule has 0 aromatic rings. The highest BCUT2D eigenvalue weighted by Crippen LogP contribution is 2.14. The number of hydrogen-bond donors (Lipinski definition) is 1. The van der Waals surface area contributed by atoms with Gasteiger partial charge in [0.2, 0.25) is 5.91 Å². The van der Waals surface area contributed by atoms with Crippen molar-refractivity contribution in [1.29, 1.82) is 0 Å². The van der Waals surface area contributed by atoms with Crippen molar-refractivity contribution in [3.8, 4) is 0 Å². The van der Waals surface area contributed by atoms with E-state index in [0.717, 1.165) is 10.6 Å². The molecule has 1 aliphatic carbocycles. The number of hydroxylamine groups is 2. The van der Waals surface area contributed by atoms with E-state index in [1.165, 1.54) is 6.92 Å². The number of aliphatic imine (C=N–C) groups is 1. The first kappa shape index (κ1) is 13.4. The monoisotopic (exact) mass is 234 g/mol. The van der Waals surface area contributed by atoms with E-state index in [2.05, 4.69) is 4.99 Å². The Kier molecular flexibility index (Phi) is 4.02. The second-order valence-electron chi connectivity index (χ2n) is 4.87. The van der Waals surface area contributed by atoms with Crippen LogP contribution < -0.4 is 0 Å². The Labute approximate surface area is 102 Å². The highest BCUT2D eigenvalue weighted by molar-refractivity contribution is 6.10. The number of amides is 1. The topological polar surface area (TPSA) is 52.9 Å². The zero-order valence-electron chi connectivity index (χ0n) is 10.6. The summed E-state index contributed by atoms with van der Waals surface area (Å²) in [5, 5.41) is 10.9. The first-order valence-corrected chi connectivity index (χ1v) is 5.44. The van der Waals surface area contributed by atoms with Crippen LogP contribution >= 0.6 is 0 Å². The zero-order chi connectivity index (χ0) is 13.1. The summed E-state index contributed by atoms with van der Waals surface area (Å²) in [4.78, 5) is 14.6.